The molecule has 8 heterocycles. The molecule has 0 saturated carbocycles. The fraction of sp³-hybridized carbons (Fsp3) is 0.603. The first-order chi connectivity index (χ1) is 49.4. The van der Waals surface area contributed by atoms with Gasteiger partial charge in [0.1, 0.15) is 11.6 Å². The maximum absolute atomic E-state index is 11.9. The van der Waals surface area contributed by atoms with Crippen LogP contribution in [0.15, 0.2) is 156 Å². The molecule has 13 rings (SSSR count). The number of piperidine rings is 5. The van der Waals surface area contributed by atoms with Crippen LogP contribution in [0.25, 0.3) is 0 Å². The van der Waals surface area contributed by atoms with Crippen LogP contribution in [0.4, 0.5) is 21.5 Å². The fourth-order valence-corrected chi connectivity index (χ4v) is 11.3. The first kappa shape index (κ1) is 104. The molecule has 103 heavy (non-hydrogen) atoms. The summed E-state index contributed by atoms with van der Waals surface area (Å²) in [5.41, 5.74) is 18.8. The summed E-state index contributed by atoms with van der Waals surface area (Å²) in [6.45, 7) is 41.0. The second-order valence-corrected chi connectivity index (χ2v) is 23.9. The van der Waals surface area contributed by atoms with E-state index in [-0.39, 0.29) is 72.7 Å². The molecular formula is C78H139AcBBrFN11O9P. The standard InChI is InChI=1S/C13H22N3P.C13H17NO2.C11H13NO.2C7H13NO2.C6H5Br.C6H5F.C3H11BN2O.C2H8N2.5C2H6.Ac.H2O/c17-15-9-8-14-12-6-10-16(11-7-12)13-4-2-1-3-5-13;1-2-4-12(5-3-1)14-8-6-13(7-9-14)15-10-11-16-13;13-11-6-8-12(9-7-11)10-4-2-1-3-5-10;2*1-3-8-4-2-7(1)9-5-6-10-7;2*7-6-4-2-1-3-5-6;1-4(7)6-3-2-5;3-1-2-4;5*1-2;;/h1-5,12,14-15H,6-11,17H2;1-5H,6-11H2;1-5H,6-9H2;2*8H,1-6H2;2*1-5H;6-7H,2-3,5H2,1H3;1-4H2;5*1-2H3;;1H2. The van der Waals surface area contributed by atoms with Gasteiger partial charge >= 0.3 is 7.05 Å². The summed E-state index contributed by atoms with van der Waals surface area (Å²) in [6.07, 6.45) is 9.87. The van der Waals surface area contributed by atoms with E-state index in [4.69, 9.17) is 50.6 Å². The van der Waals surface area contributed by atoms with Gasteiger partial charge in [-0.15, -0.1) is 0 Å². The molecule has 8 aliphatic rings. The number of carbonyl (C=O) groups excluding carboxylic acids is 1. The van der Waals surface area contributed by atoms with Gasteiger partial charge in [-0.1, -0.05) is 186 Å². The molecule has 5 aromatic carbocycles. The summed E-state index contributed by atoms with van der Waals surface area (Å²) in [6, 6.07) is 50.1. The number of hydrogen-bond acceptors (Lipinski definition) is 19. The van der Waals surface area contributed by atoms with Crippen LogP contribution in [0.1, 0.15) is 133 Å². The number of benzene rings is 5. The van der Waals surface area contributed by atoms with Crippen LogP contribution in [0.5, 0.6) is 0 Å². The predicted molar refractivity (Wildman–Crippen MR) is 436 cm³/mol. The van der Waals surface area contributed by atoms with Crippen molar-refractivity contribution < 1.29 is 92.2 Å². The first-order valence-electron chi connectivity index (χ1n) is 37.7. The Bertz CT molecular complexity index is 2470. The van der Waals surface area contributed by atoms with E-state index in [0.717, 1.165) is 161 Å². The Morgan fingerprint density at radius 2 is 0.806 bits per heavy atom. The van der Waals surface area contributed by atoms with Crippen LogP contribution in [-0.2, 0) is 33.2 Å². The van der Waals surface area contributed by atoms with Gasteiger partial charge in [0.05, 0.1) is 39.6 Å². The Kier molecular flexibility index (Phi) is 71.3. The van der Waals surface area contributed by atoms with Crippen molar-refractivity contribution in [3.63, 3.8) is 0 Å². The van der Waals surface area contributed by atoms with Gasteiger partial charge in [0.15, 0.2) is 17.4 Å². The fourth-order valence-electron chi connectivity index (χ4n) is 10.8. The third kappa shape index (κ3) is 48.8. The number of anilines is 3. The molecule has 20 nitrogen and oxygen atoms in total. The van der Waals surface area contributed by atoms with E-state index in [1.165, 1.54) is 42.0 Å². The largest absolute Gasteiger partial charge is 0.437 e. The van der Waals surface area contributed by atoms with Crippen molar-refractivity contribution >= 4 is 55.2 Å². The average molecular weight is 1740 g/mol. The Morgan fingerprint density at radius 1 is 0.495 bits per heavy atom. The van der Waals surface area contributed by atoms with Crippen molar-refractivity contribution in [3.05, 3.63) is 162 Å². The molecule has 0 amide bonds. The average Bonchev–Trinajstić information content (AvgIpc) is 1.76. The van der Waals surface area contributed by atoms with E-state index in [0.29, 0.717) is 50.8 Å². The van der Waals surface area contributed by atoms with E-state index in [9.17, 15) is 9.18 Å². The molecule has 0 bridgehead atoms. The molecule has 8 fully saturated rings. The number of hydrogen-bond donors (Lipinski definition) is 9. The van der Waals surface area contributed by atoms with Crippen molar-refractivity contribution in [2.75, 3.05) is 159 Å². The van der Waals surface area contributed by atoms with Gasteiger partial charge in [0.25, 0.3) is 0 Å². The summed E-state index contributed by atoms with van der Waals surface area (Å²) in [5, 5.41) is 24.5. The molecule has 5 aromatic rings. The Morgan fingerprint density at radius 3 is 1.08 bits per heavy atom. The van der Waals surface area contributed by atoms with Crippen molar-refractivity contribution in [2.24, 2.45) is 17.2 Å². The van der Waals surface area contributed by atoms with Crippen LogP contribution in [0.3, 0.4) is 0 Å². The minimum atomic E-state index is -0.427. The molecule has 14 N–H and O–H groups in total. The van der Waals surface area contributed by atoms with E-state index in [1.807, 2.05) is 118 Å². The number of para-hydroxylation sites is 3. The molecule has 0 aromatic heterocycles. The summed E-state index contributed by atoms with van der Waals surface area (Å²) < 4.78 is 46.6. The second-order valence-electron chi connectivity index (χ2n) is 22.6. The number of ether oxygens (including phenoxy) is 6. The molecule has 1 radical (unpaired) electrons. The Hall–Kier alpha value is -3.12. The van der Waals surface area contributed by atoms with Gasteiger partial charge in [-0.2, -0.15) is 0 Å². The Labute approximate surface area is 670 Å². The molecule has 8 saturated heterocycles. The predicted octanol–water partition coefficient (Wildman–Crippen LogP) is 11.9. The van der Waals surface area contributed by atoms with Gasteiger partial charge in [-0.3, -0.25) is 9.88 Å². The number of halogens is 2. The Balaban J connectivity index is -0.00000110. The van der Waals surface area contributed by atoms with Crippen molar-refractivity contribution in [1.82, 2.24) is 26.3 Å². The summed E-state index contributed by atoms with van der Waals surface area (Å²) in [7, 11) is 2.11. The maximum Gasteiger partial charge on any atom is 0.373 e. The number of nitrogens with zero attached hydrogens (tertiary/aromatic N) is 3. The zero-order chi connectivity index (χ0) is 74.9. The minimum absolute atomic E-state index is 0. The smallest absolute Gasteiger partial charge is 0.373 e. The molecule has 1 unspecified atom stereocenters. The van der Waals surface area contributed by atoms with Crippen molar-refractivity contribution in [1.29, 1.82) is 0 Å². The topological polar surface area (TPSA) is 272 Å². The van der Waals surface area contributed by atoms with Crippen LogP contribution in [0, 0.1) is 49.9 Å². The molecule has 585 valence electrons. The number of carbonyl (C=O) groups is 1. The number of ketones is 1. The zero-order valence-electron chi connectivity index (χ0n) is 65.0. The summed E-state index contributed by atoms with van der Waals surface area (Å²) in [5.74, 6) is -0.420. The van der Waals surface area contributed by atoms with Crippen LogP contribution in [-0.4, -0.2) is 191 Å². The molecule has 3 spiro atoms. The van der Waals surface area contributed by atoms with Gasteiger partial charge in [-0.05, 0) is 86.9 Å². The molecule has 0 aliphatic carbocycles. The molecule has 1 atom stereocenters. The SMILES string of the molecule is Brc1ccccc1.C1CC2(CCN1)OCCO2.C1CC2(CCN1)OCCO2.CB(O)NCCN.CC.CC.CC.CC.CC.Fc1ccccc1.NCCN.O.O=C1CCN(c2ccccc2)CC1.PNCCNC1CCN(c2ccccc2)CC1.[Ac].c1ccc(N2CCC3(CC2)OCCO3)cc1. The molecular weight excluding hydrogens is 1600 g/mol. The van der Waals surface area contributed by atoms with Gasteiger partial charge in [-0.25, -0.2) is 4.39 Å². The maximum atomic E-state index is 11.9. The van der Waals surface area contributed by atoms with Crippen LogP contribution < -0.4 is 58.2 Å². The van der Waals surface area contributed by atoms with Gasteiger partial charge < -0.3 is 92.0 Å². The summed E-state index contributed by atoms with van der Waals surface area (Å²) in [4.78, 5) is 18.2. The van der Waals surface area contributed by atoms with E-state index in [2.05, 4.69) is 139 Å². The number of Topliss-reactive ketones (excluding diaryl/α,β-unsaturated/α-hetero) is 1. The van der Waals surface area contributed by atoms with Crippen molar-refractivity contribution in [3.8, 4) is 0 Å². The molecule has 25 heteroatoms. The van der Waals surface area contributed by atoms with Gasteiger partial charge in [0, 0.05) is 221 Å². The first-order valence-corrected chi connectivity index (χ1v) is 39.1. The van der Waals surface area contributed by atoms with Crippen LogP contribution in [0.2, 0.25) is 6.82 Å². The van der Waals surface area contributed by atoms with Gasteiger partial charge in [0.2, 0.25) is 0 Å². The monoisotopic (exact) mass is 1740 g/mol. The van der Waals surface area contributed by atoms with E-state index >= 15 is 0 Å². The van der Waals surface area contributed by atoms with E-state index < -0.39 is 7.05 Å². The third-order valence-electron chi connectivity index (χ3n) is 15.8. The third-order valence-corrected chi connectivity index (χ3v) is 16.6. The van der Waals surface area contributed by atoms with E-state index in [1.54, 1.807) is 25.0 Å². The van der Waals surface area contributed by atoms with Crippen molar-refractivity contribution in [2.45, 2.75) is 164 Å². The summed E-state index contributed by atoms with van der Waals surface area (Å²) >= 11 is 3.31. The zero-order valence-corrected chi connectivity index (χ0v) is 72.5. The van der Waals surface area contributed by atoms with Crippen LogP contribution >= 0.6 is 25.3 Å². The second kappa shape index (κ2) is 70.5. The quantitative estimate of drug-likeness (QED) is 0.0338. The normalized spacial score (nSPS) is 17.2. The number of nitrogens with one attached hydrogen (secondary N) is 5. The minimum Gasteiger partial charge on any atom is -0.437 e. The number of rotatable bonds is 11. The molecule has 8 aliphatic heterocycles. The number of nitrogens with two attached hydrogens (primary N) is 3.